The van der Waals surface area contributed by atoms with Crippen LogP contribution in [-0.2, 0) is 32.6 Å². The monoisotopic (exact) mass is 603 g/mol. The van der Waals surface area contributed by atoms with E-state index in [0.717, 1.165) is 17.4 Å². The molecule has 0 aromatic heterocycles. The van der Waals surface area contributed by atoms with Gasteiger partial charge in [0, 0.05) is 42.0 Å². The summed E-state index contributed by atoms with van der Waals surface area (Å²) in [6.07, 6.45) is 1.75. The van der Waals surface area contributed by atoms with Crippen LogP contribution in [0.3, 0.4) is 0 Å². The fourth-order valence-electron chi connectivity index (χ4n) is 4.38. The molecule has 0 aliphatic rings. The summed E-state index contributed by atoms with van der Waals surface area (Å²) in [5, 5.41) is 3.98. The van der Waals surface area contributed by atoms with E-state index in [1.807, 2.05) is 50.2 Å². The minimum absolute atomic E-state index is 0.0421. The summed E-state index contributed by atoms with van der Waals surface area (Å²) in [5.41, 5.74) is 2.17. The Kier molecular flexibility index (Phi) is 11.4. The fraction of sp³-hybridized carbons (Fsp3) is 0.333. The summed E-state index contributed by atoms with van der Waals surface area (Å²) in [4.78, 5) is 28.8. The highest BCUT2D eigenvalue weighted by Crippen LogP contribution is 2.22. The van der Waals surface area contributed by atoms with Crippen molar-refractivity contribution in [1.82, 2.24) is 10.2 Å². The van der Waals surface area contributed by atoms with Crippen LogP contribution in [0.1, 0.15) is 37.8 Å². The van der Waals surface area contributed by atoms with Gasteiger partial charge in [-0.25, -0.2) is 8.42 Å². The molecule has 0 spiro atoms. The van der Waals surface area contributed by atoms with Crippen molar-refractivity contribution in [3.63, 3.8) is 0 Å². The van der Waals surface area contributed by atoms with Crippen LogP contribution in [0.25, 0.3) is 0 Å². The summed E-state index contributed by atoms with van der Waals surface area (Å²) in [5.74, 6) is -0.516. The number of halogens is 2. The minimum atomic E-state index is -3.60. The number of sulfonamides is 1. The van der Waals surface area contributed by atoms with Gasteiger partial charge in [0.15, 0.2) is 0 Å². The first-order chi connectivity index (χ1) is 18.9. The van der Waals surface area contributed by atoms with Crippen LogP contribution in [0.2, 0.25) is 10.0 Å². The van der Waals surface area contributed by atoms with E-state index < -0.39 is 16.1 Å². The van der Waals surface area contributed by atoms with Gasteiger partial charge in [0.25, 0.3) is 0 Å². The van der Waals surface area contributed by atoms with Crippen LogP contribution in [0.4, 0.5) is 5.69 Å². The van der Waals surface area contributed by atoms with Crippen LogP contribution < -0.4 is 9.62 Å². The lowest BCUT2D eigenvalue weighted by Gasteiger charge is -2.32. The van der Waals surface area contributed by atoms with Crippen LogP contribution in [0, 0.1) is 0 Å². The fourth-order valence-corrected chi connectivity index (χ4v) is 5.68. The summed E-state index contributed by atoms with van der Waals surface area (Å²) >= 11 is 12.2. The Morgan fingerprint density at radius 1 is 0.875 bits per heavy atom. The maximum absolute atomic E-state index is 13.8. The number of rotatable bonds is 13. The van der Waals surface area contributed by atoms with E-state index in [9.17, 15) is 18.0 Å². The topological polar surface area (TPSA) is 86.8 Å². The quantitative estimate of drug-likeness (QED) is 0.271. The Hall–Kier alpha value is -3.07. The van der Waals surface area contributed by atoms with Gasteiger partial charge in [0.1, 0.15) is 6.04 Å². The van der Waals surface area contributed by atoms with E-state index in [-0.39, 0.29) is 43.8 Å². The van der Waals surface area contributed by atoms with Crippen molar-refractivity contribution >= 4 is 50.7 Å². The summed E-state index contributed by atoms with van der Waals surface area (Å²) in [7, 11) is -3.60. The average Bonchev–Trinajstić information content (AvgIpc) is 2.89. The van der Waals surface area contributed by atoms with Gasteiger partial charge in [-0.3, -0.25) is 13.9 Å². The molecular weight excluding hydrogens is 569 g/mol. The Balaban J connectivity index is 1.87. The molecule has 0 saturated carbocycles. The molecule has 0 radical (unpaired) electrons. The van der Waals surface area contributed by atoms with Crippen LogP contribution >= 0.6 is 23.2 Å². The van der Waals surface area contributed by atoms with Crippen molar-refractivity contribution in [1.29, 1.82) is 0 Å². The van der Waals surface area contributed by atoms with E-state index in [0.29, 0.717) is 22.2 Å². The molecule has 1 unspecified atom stereocenters. The molecule has 10 heteroatoms. The zero-order valence-electron chi connectivity index (χ0n) is 22.9. The molecule has 40 heavy (non-hydrogen) atoms. The number of nitrogens with zero attached hydrogens (tertiary/aromatic N) is 2. The highest BCUT2D eigenvalue weighted by atomic mass is 35.5. The molecule has 0 fully saturated rings. The first-order valence-corrected chi connectivity index (χ1v) is 15.7. The van der Waals surface area contributed by atoms with Crippen LogP contribution in [0.5, 0.6) is 0 Å². The maximum atomic E-state index is 13.8. The molecular formula is C30H35Cl2N3O4S. The molecule has 1 atom stereocenters. The first-order valence-electron chi connectivity index (χ1n) is 13.1. The van der Waals surface area contributed by atoms with Gasteiger partial charge in [-0.2, -0.15) is 0 Å². The lowest BCUT2D eigenvalue weighted by atomic mass is 10.0. The van der Waals surface area contributed by atoms with Crippen molar-refractivity contribution in [2.75, 3.05) is 17.1 Å². The lowest BCUT2D eigenvalue weighted by Crippen LogP contribution is -2.51. The largest absolute Gasteiger partial charge is 0.352 e. The molecule has 0 aliphatic heterocycles. The molecule has 214 valence electrons. The molecule has 2 amide bonds. The second-order valence-corrected chi connectivity index (χ2v) is 12.7. The Morgan fingerprint density at radius 3 is 2.12 bits per heavy atom. The highest BCUT2D eigenvalue weighted by molar-refractivity contribution is 7.92. The number of amides is 2. The maximum Gasteiger partial charge on any atom is 0.243 e. The molecule has 7 nitrogen and oxygen atoms in total. The standard InChI is InChI=1S/C30H35Cl2N3O4S/c1-22(2)33-30(37)28(20-23-9-5-4-6-10-23)34(21-24-11-7-12-26(32)19-24)29(36)13-8-18-35(40(3,38)39)27-16-14-25(31)15-17-27/h4-7,9-12,14-17,19,22,28H,8,13,18,20-21H2,1-3H3,(H,33,37). The average molecular weight is 605 g/mol. The second-order valence-electron chi connectivity index (χ2n) is 9.94. The van der Waals surface area contributed by atoms with E-state index in [4.69, 9.17) is 23.2 Å². The Labute approximate surface area is 247 Å². The minimum Gasteiger partial charge on any atom is -0.352 e. The van der Waals surface area contributed by atoms with Crippen molar-refractivity contribution in [3.05, 3.63) is 100 Å². The van der Waals surface area contributed by atoms with Gasteiger partial charge >= 0.3 is 0 Å². The van der Waals surface area contributed by atoms with Crippen molar-refractivity contribution in [3.8, 4) is 0 Å². The second kappa shape index (κ2) is 14.5. The van der Waals surface area contributed by atoms with E-state index >= 15 is 0 Å². The van der Waals surface area contributed by atoms with Crippen molar-refractivity contribution < 1.29 is 18.0 Å². The lowest BCUT2D eigenvalue weighted by molar-refractivity contribution is -0.141. The Bertz CT molecular complexity index is 1380. The van der Waals surface area contributed by atoms with Gasteiger partial charge in [0.2, 0.25) is 21.8 Å². The molecule has 3 aromatic carbocycles. The number of nitrogens with one attached hydrogen (secondary N) is 1. The molecule has 0 heterocycles. The van der Waals surface area contributed by atoms with E-state index in [1.54, 1.807) is 47.4 Å². The Morgan fingerprint density at radius 2 is 1.52 bits per heavy atom. The smallest absolute Gasteiger partial charge is 0.243 e. The number of benzene rings is 3. The molecule has 3 rings (SSSR count). The van der Waals surface area contributed by atoms with Crippen molar-refractivity contribution in [2.24, 2.45) is 0 Å². The third-order valence-electron chi connectivity index (χ3n) is 6.21. The van der Waals surface area contributed by atoms with Gasteiger partial charge in [-0.1, -0.05) is 65.7 Å². The first kappa shape index (κ1) is 31.5. The molecule has 0 bridgehead atoms. The van der Waals surface area contributed by atoms with Crippen LogP contribution in [-0.4, -0.2) is 50.0 Å². The molecule has 1 N–H and O–H groups in total. The zero-order chi connectivity index (χ0) is 29.3. The number of carbonyl (C=O) groups excluding carboxylic acids is 2. The van der Waals surface area contributed by atoms with Gasteiger partial charge in [-0.15, -0.1) is 0 Å². The normalized spacial score (nSPS) is 12.2. The zero-order valence-corrected chi connectivity index (χ0v) is 25.2. The summed E-state index contributed by atoms with van der Waals surface area (Å²) in [6, 6.07) is 22.3. The number of hydrogen-bond donors (Lipinski definition) is 1. The van der Waals surface area contributed by atoms with Crippen LogP contribution in [0.15, 0.2) is 78.9 Å². The molecule has 0 saturated heterocycles. The third-order valence-corrected chi connectivity index (χ3v) is 7.89. The SMILES string of the molecule is CC(C)NC(=O)C(Cc1ccccc1)N(Cc1cccc(Cl)c1)C(=O)CCCN(c1ccc(Cl)cc1)S(C)(=O)=O. The third kappa shape index (κ3) is 9.54. The molecule has 3 aromatic rings. The van der Waals surface area contributed by atoms with Gasteiger partial charge < -0.3 is 10.2 Å². The number of anilines is 1. The molecule has 0 aliphatic carbocycles. The summed E-state index contributed by atoms with van der Waals surface area (Å²) < 4.78 is 26.3. The predicted octanol–water partition coefficient (Wildman–Crippen LogP) is 5.70. The summed E-state index contributed by atoms with van der Waals surface area (Å²) in [6.45, 7) is 4.02. The number of hydrogen-bond acceptors (Lipinski definition) is 4. The van der Waals surface area contributed by atoms with Crippen molar-refractivity contribution in [2.45, 2.75) is 51.7 Å². The predicted molar refractivity (Wildman–Crippen MR) is 162 cm³/mol. The number of carbonyl (C=O) groups is 2. The van der Waals surface area contributed by atoms with E-state index in [2.05, 4.69) is 5.32 Å². The van der Waals surface area contributed by atoms with Gasteiger partial charge in [0.05, 0.1) is 11.9 Å². The van der Waals surface area contributed by atoms with Gasteiger partial charge in [-0.05, 0) is 67.8 Å². The van der Waals surface area contributed by atoms with E-state index in [1.165, 1.54) is 4.31 Å². The highest BCUT2D eigenvalue weighted by Gasteiger charge is 2.31.